The predicted molar refractivity (Wildman–Crippen MR) is 125 cm³/mol. The minimum absolute atomic E-state index is 0.00808. The fraction of sp³-hybridized carbons (Fsp3) is 0.880. The van der Waals surface area contributed by atoms with Gasteiger partial charge >= 0.3 is 6.03 Å². The van der Waals surface area contributed by atoms with E-state index in [-0.39, 0.29) is 47.8 Å². The summed E-state index contributed by atoms with van der Waals surface area (Å²) >= 11 is 0. The molecule has 0 spiro atoms. The van der Waals surface area contributed by atoms with Crippen molar-refractivity contribution in [1.29, 1.82) is 0 Å². The molecule has 4 fully saturated rings. The number of rotatable bonds is 3. The highest BCUT2D eigenvalue weighted by Crippen LogP contribution is 2.43. The lowest BCUT2D eigenvalue weighted by atomic mass is 9.65. The van der Waals surface area contributed by atoms with Crippen LogP contribution < -0.4 is 16.0 Å². The van der Waals surface area contributed by atoms with Crippen LogP contribution in [-0.2, 0) is 14.3 Å². The SMILES string of the molecule is CC1CC2C(CN1)CC(C1CC(NC(=O)NC(=O)C3CC(C)OC3C)CCC1C)C(=O)N2C. The molecule has 3 saturated heterocycles. The molecule has 3 heterocycles. The Morgan fingerprint density at radius 2 is 1.82 bits per heavy atom. The molecule has 0 radical (unpaired) electrons. The quantitative estimate of drug-likeness (QED) is 0.598. The second-order valence-corrected chi connectivity index (χ2v) is 11.3. The van der Waals surface area contributed by atoms with Crippen LogP contribution >= 0.6 is 0 Å². The smallest absolute Gasteiger partial charge is 0.321 e. The van der Waals surface area contributed by atoms with Gasteiger partial charge in [0.25, 0.3) is 0 Å². The molecule has 33 heavy (non-hydrogen) atoms. The molecular formula is C25H42N4O4. The second kappa shape index (κ2) is 9.90. The van der Waals surface area contributed by atoms with Gasteiger partial charge in [0.1, 0.15) is 0 Å². The maximum atomic E-state index is 13.4. The van der Waals surface area contributed by atoms with Gasteiger partial charge in [-0.25, -0.2) is 4.79 Å². The van der Waals surface area contributed by atoms with Crippen LogP contribution in [0.25, 0.3) is 0 Å². The maximum Gasteiger partial charge on any atom is 0.321 e. The summed E-state index contributed by atoms with van der Waals surface area (Å²) in [6, 6.07) is 0.334. The molecule has 8 heteroatoms. The first-order valence-corrected chi connectivity index (χ1v) is 12.9. The van der Waals surface area contributed by atoms with Crippen LogP contribution in [0, 0.1) is 29.6 Å². The number of carbonyl (C=O) groups excluding carboxylic acids is 3. The first kappa shape index (κ1) is 24.5. The Morgan fingerprint density at radius 1 is 1.06 bits per heavy atom. The highest BCUT2D eigenvalue weighted by Gasteiger charge is 2.47. The topological polar surface area (TPSA) is 99.8 Å². The van der Waals surface area contributed by atoms with E-state index in [1.54, 1.807) is 0 Å². The summed E-state index contributed by atoms with van der Waals surface area (Å²) in [5, 5.41) is 9.15. The molecule has 8 nitrogen and oxygen atoms in total. The molecule has 3 aliphatic heterocycles. The Kier molecular flexibility index (Phi) is 7.34. The number of likely N-dealkylation sites (tertiary alicyclic amines) is 1. The third kappa shape index (κ3) is 5.21. The van der Waals surface area contributed by atoms with E-state index in [0.717, 1.165) is 38.6 Å². The van der Waals surface area contributed by atoms with Crippen molar-refractivity contribution in [2.24, 2.45) is 29.6 Å². The number of nitrogens with zero attached hydrogens (tertiary/aromatic N) is 1. The summed E-state index contributed by atoms with van der Waals surface area (Å²) in [6.07, 6.45) is 5.08. The first-order chi connectivity index (χ1) is 15.6. The van der Waals surface area contributed by atoms with Crippen LogP contribution in [0.4, 0.5) is 4.79 Å². The molecule has 3 N–H and O–H groups in total. The van der Waals surface area contributed by atoms with Gasteiger partial charge in [0.05, 0.1) is 18.1 Å². The van der Waals surface area contributed by atoms with E-state index in [9.17, 15) is 14.4 Å². The Balaban J connectivity index is 1.34. The minimum Gasteiger partial charge on any atom is -0.375 e. The van der Waals surface area contributed by atoms with E-state index in [4.69, 9.17) is 4.74 Å². The molecule has 4 amide bonds. The third-order valence-electron chi connectivity index (χ3n) is 8.87. The lowest BCUT2D eigenvalue weighted by molar-refractivity contribution is -0.148. The van der Waals surface area contributed by atoms with Crippen LogP contribution in [0.1, 0.15) is 66.2 Å². The molecular weight excluding hydrogens is 420 g/mol. The van der Waals surface area contributed by atoms with Crippen molar-refractivity contribution in [3.05, 3.63) is 0 Å². The molecule has 1 aliphatic carbocycles. The van der Waals surface area contributed by atoms with Gasteiger partial charge in [-0.3, -0.25) is 14.9 Å². The lowest BCUT2D eigenvalue weighted by Crippen LogP contribution is -2.60. The summed E-state index contributed by atoms with van der Waals surface area (Å²) in [7, 11) is 1.97. The van der Waals surface area contributed by atoms with Crippen molar-refractivity contribution in [2.45, 2.75) is 96.6 Å². The molecule has 0 aromatic rings. The predicted octanol–water partition coefficient (Wildman–Crippen LogP) is 2.28. The average Bonchev–Trinajstić information content (AvgIpc) is 3.10. The largest absolute Gasteiger partial charge is 0.375 e. The van der Waals surface area contributed by atoms with Crippen molar-refractivity contribution in [3.63, 3.8) is 0 Å². The number of hydrogen-bond acceptors (Lipinski definition) is 5. The Morgan fingerprint density at radius 3 is 2.52 bits per heavy atom. The van der Waals surface area contributed by atoms with Crippen LogP contribution in [0.3, 0.4) is 0 Å². The summed E-state index contributed by atoms with van der Waals surface area (Å²) in [4.78, 5) is 40.5. The van der Waals surface area contributed by atoms with Gasteiger partial charge in [-0.15, -0.1) is 0 Å². The standard InChI is InChI=1S/C25H42N4O4/c1-13-6-7-18(27-25(32)28-23(30)20-9-15(3)33-16(20)4)11-19(13)21-10-17-12-26-14(2)8-22(17)29(5)24(21)31/h13-22,26H,6-12H2,1-5H3,(H2,27,28,30,32). The van der Waals surface area contributed by atoms with Gasteiger partial charge in [0.2, 0.25) is 11.8 Å². The molecule has 0 aromatic heterocycles. The minimum atomic E-state index is -0.428. The van der Waals surface area contributed by atoms with E-state index in [1.807, 2.05) is 25.8 Å². The summed E-state index contributed by atoms with van der Waals surface area (Å²) in [5.74, 6) is 0.910. The number of carbonyl (C=O) groups is 3. The van der Waals surface area contributed by atoms with E-state index >= 15 is 0 Å². The number of urea groups is 1. The maximum absolute atomic E-state index is 13.4. The van der Waals surface area contributed by atoms with Gasteiger partial charge in [-0.05, 0) is 77.0 Å². The van der Waals surface area contributed by atoms with Crippen molar-refractivity contribution < 1.29 is 19.1 Å². The molecule has 186 valence electrons. The van der Waals surface area contributed by atoms with E-state index < -0.39 is 6.03 Å². The van der Waals surface area contributed by atoms with Gasteiger partial charge in [0.15, 0.2) is 0 Å². The number of nitrogens with one attached hydrogen (secondary N) is 3. The van der Waals surface area contributed by atoms with Crippen LogP contribution in [-0.4, -0.2) is 66.7 Å². The molecule has 0 bridgehead atoms. The van der Waals surface area contributed by atoms with Gasteiger partial charge in [-0.1, -0.05) is 6.92 Å². The average molecular weight is 463 g/mol. The number of amides is 4. The fourth-order valence-corrected chi connectivity index (χ4v) is 6.91. The van der Waals surface area contributed by atoms with Crippen molar-refractivity contribution in [3.8, 4) is 0 Å². The summed E-state index contributed by atoms with van der Waals surface area (Å²) in [6.45, 7) is 9.23. The fourth-order valence-electron chi connectivity index (χ4n) is 6.91. The zero-order valence-electron chi connectivity index (χ0n) is 20.8. The summed E-state index contributed by atoms with van der Waals surface area (Å²) < 4.78 is 5.65. The molecule has 10 unspecified atom stereocenters. The van der Waals surface area contributed by atoms with Crippen LogP contribution in [0.5, 0.6) is 0 Å². The summed E-state index contributed by atoms with van der Waals surface area (Å²) in [5.41, 5.74) is 0. The molecule has 4 aliphatic rings. The Hall–Kier alpha value is -1.67. The Labute approximate surface area is 197 Å². The number of fused-ring (bicyclic) bond motifs is 1. The van der Waals surface area contributed by atoms with Crippen molar-refractivity contribution in [1.82, 2.24) is 20.9 Å². The van der Waals surface area contributed by atoms with Gasteiger partial charge < -0.3 is 20.3 Å². The lowest BCUT2D eigenvalue weighted by Gasteiger charge is -2.50. The van der Waals surface area contributed by atoms with Crippen molar-refractivity contribution in [2.75, 3.05) is 13.6 Å². The zero-order valence-corrected chi connectivity index (χ0v) is 20.8. The highest BCUT2D eigenvalue weighted by molar-refractivity contribution is 5.95. The van der Waals surface area contributed by atoms with Gasteiger partial charge in [-0.2, -0.15) is 0 Å². The molecule has 1 saturated carbocycles. The van der Waals surface area contributed by atoms with E-state index in [2.05, 4.69) is 29.8 Å². The first-order valence-electron chi connectivity index (χ1n) is 12.9. The monoisotopic (exact) mass is 462 g/mol. The molecule has 0 aromatic carbocycles. The molecule has 4 rings (SSSR count). The Bertz CT molecular complexity index is 761. The van der Waals surface area contributed by atoms with Crippen LogP contribution in [0.2, 0.25) is 0 Å². The van der Waals surface area contributed by atoms with E-state index in [0.29, 0.717) is 30.3 Å². The zero-order chi connectivity index (χ0) is 23.9. The molecule has 10 atom stereocenters. The van der Waals surface area contributed by atoms with Gasteiger partial charge in [0, 0.05) is 37.6 Å². The second-order valence-electron chi connectivity index (χ2n) is 11.3. The number of hydrogen-bond donors (Lipinski definition) is 3. The highest BCUT2D eigenvalue weighted by atomic mass is 16.5. The number of imide groups is 1. The normalized spacial score (nSPS) is 43.7. The third-order valence-corrected chi connectivity index (χ3v) is 8.87. The van der Waals surface area contributed by atoms with Crippen molar-refractivity contribution >= 4 is 17.8 Å². The van der Waals surface area contributed by atoms with Crippen LogP contribution in [0.15, 0.2) is 0 Å². The number of ether oxygens (including phenoxy) is 1. The van der Waals surface area contributed by atoms with E-state index in [1.165, 1.54) is 0 Å². The number of piperidine rings is 2.